The fourth-order valence-corrected chi connectivity index (χ4v) is 1.12. The summed E-state index contributed by atoms with van der Waals surface area (Å²) in [7, 11) is 0. The number of imidazole rings is 1. The second-order valence-electron chi connectivity index (χ2n) is 2.06. The van der Waals surface area contributed by atoms with Crippen molar-refractivity contribution < 1.29 is 0 Å². The average Bonchev–Trinajstić information content (AvgIpc) is 2.53. The molecule has 0 aromatic carbocycles. The van der Waals surface area contributed by atoms with Crippen molar-refractivity contribution in [2.45, 2.75) is 6.67 Å². The van der Waals surface area contributed by atoms with Gasteiger partial charge in [0.25, 0.3) is 0 Å². The van der Waals surface area contributed by atoms with Gasteiger partial charge in [-0.05, 0) is 0 Å². The summed E-state index contributed by atoms with van der Waals surface area (Å²) in [6, 6.07) is 0. The van der Waals surface area contributed by atoms with Gasteiger partial charge in [-0.15, -0.1) is 0 Å². The van der Waals surface area contributed by atoms with Gasteiger partial charge in [0, 0.05) is 0 Å². The highest BCUT2D eigenvalue weighted by Gasteiger charge is 2.04. The van der Waals surface area contributed by atoms with Crippen molar-refractivity contribution >= 4 is 17.1 Å². The quantitative estimate of drug-likeness (QED) is 0.662. The normalized spacial score (nSPS) is 11.1. The van der Waals surface area contributed by atoms with Gasteiger partial charge in [0.1, 0.15) is 18.5 Å². The number of rotatable bonds is 1. The van der Waals surface area contributed by atoms with Gasteiger partial charge in [-0.1, -0.05) is 11.6 Å². The Balaban J connectivity index is 2.77. The highest BCUT2D eigenvalue weighted by atomic mass is 35.5. The molecule has 58 valence electrons. The van der Waals surface area contributed by atoms with Crippen LogP contribution in [0.1, 0.15) is 0 Å². The zero-order valence-corrected chi connectivity index (χ0v) is 6.36. The van der Waals surface area contributed by atoms with Gasteiger partial charge < -0.3 is 5.73 Å². The standard InChI is InChI=1S/C5H6ClN5/c6-5-4-1-9-11(2-7)10(4)3-8-5/h1,3H,2,7H2. The van der Waals surface area contributed by atoms with E-state index in [9.17, 15) is 0 Å². The predicted molar refractivity (Wildman–Crippen MR) is 40.2 cm³/mol. The van der Waals surface area contributed by atoms with E-state index in [1.54, 1.807) is 21.8 Å². The topological polar surface area (TPSA) is 61.1 Å². The number of hydrogen-bond donors (Lipinski definition) is 1. The lowest BCUT2D eigenvalue weighted by molar-refractivity contribution is 0.518. The maximum atomic E-state index is 5.72. The van der Waals surface area contributed by atoms with Crippen LogP contribution >= 0.6 is 11.6 Å². The van der Waals surface area contributed by atoms with Crippen LogP contribution in [0.2, 0.25) is 5.15 Å². The highest BCUT2D eigenvalue weighted by Crippen LogP contribution is 2.12. The van der Waals surface area contributed by atoms with E-state index in [1.807, 2.05) is 0 Å². The van der Waals surface area contributed by atoms with Crippen LogP contribution < -0.4 is 5.73 Å². The summed E-state index contributed by atoms with van der Waals surface area (Å²) < 4.78 is 1.70. The van der Waals surface area contributed by atoms with Crippen LogP contribution in [-0.4, -0.2) is 19.4 Å². The first-order valence-electron chi connectivity index (χ1n) is 3.07. The molecule has 5 nitrogen and oxygen atoms in total. The Bertz CT molecular complexity index is 375. The van der Waals surface area contributed by atoms with E-state index in [4.69, 9.17) is 17.3 Å². The van der Waals surface area contributed by atoms with E-state index in [1.165, 1.54) is 0 Å². The van der Waals surface area contributed by atoms with Crippen LogP contribution in [0.3, 0.4) is 0 Å². The molecule has 0 saturated heterocycles. The SMILES string of the molecule is NCn1ncc2c(Cl)ncn21. The summed E-state index contributed by atoms with van der Waals surface area (Å²) in [5, 5.41) is 4.41. The molecule has 11 heavy (non-hydrogen) atoms. The minimum atomic E-state index is 0.316. The molecule has 0 amide bonds. The third-order valence-electron chi connectivity index (χ3n) is 1.46. The van der Waals surface area contributed by atoms with Gasteiger partial charge >= 0.3 is 0 Å². The van der Waals surface area contributed by atoms with Crippen LogP contribution in [0.15, 0.2) is 12.5 Å². The second kappa shape index (κ2) is 2.21. The molecule has 2 heterocycles. The summed E-state index contributed by atoms with van der Waals surface area (Å²) in [4.78, 5) is 5.44. The monoisotopic (exact) mass is 171 g/mol. The number of nitrogens with two attached hydrogens (primary N) is 1. The molecule has 2 aromatic heterocycles. The minimum absolute atomic E-state index is 0.316. The van der Waals surface area contributed by atoms with Crippen molar-refractivity contribution in [3.05, 3.63) is 17.7 Å². The molecule has 0 radical (unpaired) electrons. The molecule has 0 aliphatic carbocycles. The van der Waals surface area contributed by atoms with Gasteiger partial charge in [0.05, 0.1) is 6.20 Å². The first kappa shape index (κ1) is 6.63. The minimum Gasteiger partial charge on any atom is -0.311 e. The number of fused-ring (bicyclic) bond motifs is 1. The highest BCUT2D eigenvalue weighted by molar-refractivity contribution is 6.32. The number of halogens is 1. The number of aromatic nitrogens is 4. The first-order valence-corrected chi connectivity index (χ1v) is 3.45. The summed E-state index contributed by atoms with van der Waals surface area (Å²) >= 11 is 5.72. The van der Waals surface area contributed by atoms with Gasteiger partial charge in [-0.3, -0.25) is 0 Å². The summed E-state index contributed by atoms with van der Waals surface area (Å²) in [6.45, 7) is 0.316. The van der Waals surface area contributed by atoms with Crippen LogP contribution in [0.5, 0.6) is 0 Å². The van der Waals surface area contributed by atoms with Gasteiger partial charge in [0.15, 0.2) is 5.15 Å². The van der Waals surface area contributed by atoms with Crippen molar-refractivity contribution in [3.8, 4) is 0 Å². The van der Waals surface area contributed by atoms with Crippen molar-refractivity contribution in [3.63, 3.8) is 0 Å². The van der Waals surface area contributed by atoms with Gasteiger partial charge in [-0.25, -0.2) is 9.50 Å². The molecule has 0 saturated carbocycles. The lowest BCUT2D eigenvalue weighted by Crippen LogP contribution is -2.13. The molecule has 2 N–H and O–H groups in total. The molecule has 6 heteroatoms. The van der Waals surface area contributed by atoms with Crippen LogP contribution in [-0.2, 0) is 6.67 Å². The van der Waals surface area contributed by atoms with Crippen molar-refractivity contribution in [1.29, 1.82) is 0 Å². The third kappa shape index (κ3) is 0.816. The molecule has 2 aromatic rings. The van der Waals surface area contributed by atoms with Crippen molar-refractivity contribution in [1.82, 2.24) is 19.4 Å². The van der Waals surface area contributed by atoms with Crippen LogP contribution in [0.4, 0.5) is 0 Å². The summed E-state index contributed by atoms with van der Waals surface area (Å²) in [6.07, 6.45) is 3.21. The lowest BCUT2D eigenvalue weighted by atomic mass is 10.6. The third-order valence-corrected chi connectivity index (χ3v) is 1.76. The van der Waals surface area contributed by atoms with Crippen molar-refractivity contribution in [2.75, 3.05) is 0 Å². The fourth-order valence-electron chi connectivity index (χ4n) is 0.937. The Kier molecular flexibility index (Phi) is 1.33. The molecule has 0 atom stereocenters. The Morgan fingerprint density at radius 2 is 2.45 bits per heavy atom. The van der Waals surface area contributed by atoms with E-state index in [0.717, 1.165) is 5.52 Å². The summed E-state index contributed by atoms with van der Waals surface area (Å²) in [5.74, 6) is 0. The van der Waals surface area contributed by atoms with E-state index >= 15 is 0 Å². The Morgan fingerprint density at radius 3 is 3.18 bits per heavy atom. The van der Waals surface area contributed by atoms with Crippen LogP contribution in [0.25, 0.3) is 5.52 Å². The second-order valence-corrected chi connectivity index (χ2v) is 2.42. The zero-order chi connectivity index (χ0) is 7.84. The average molecular weight is 172 g/mol. The smallest absolute Gasteiger partial charge is 0.158 e. The maximum absolute atomic E-state index is 5.72. The molecule has 2 rings (SSSR count). The van der Waals surface area contributed by atoms with Gasteiger partial charge in [-0.2, -0.15) is 9.90 Å². The Labute approximate surface area is 67.4 Å². The number of hydrogen-bond acceptors (Lipinski definition) is 3. The first-order chi connectivity index (χ1) is 5.33. The number of nitrogens with zero attached hydrogens (tertiary/aromatic N) is 4. The van der Waals surface area contributed by atoms with E-state index in [-0.39, 0.29) is 0 Å². The summed E-state index contributed by atoms with van der Waals surface area (Å²) in [5.41, 5.74) is 6.15. The van der Waals surface area contributed by atoms with Gasteiger partial charge in [0.2, 0.25) is 0 Å². The Hall–Kier alpha value is -1.07. The van der Waals surface area contributed by atoms with Crippen molar-refractivity contribution in [2.24, 2.45) is 5.73 Å². The molecular weight excluding hydrogens is 166 g/mol. The fraction of sp³-hybridized carbons (Fsp3) is 0.200. The lowest BCUT2D eigenvalue weighted by Gasteiger charge is -1.94. The van der Waals surface area contributed by atoms with E-state index < -0.39 is 0 Å². The molecule has 0 spiro atoms. The van der Waals surface area contributed by atoms with E-state index in [0.29, 0.717) is 11.8 Å². The van der Waals surface area contributed by atoms with E-state index in [2.05, 4.69) is 10.1 Å². The molecular formula is C5H6ClN5. The Morgan fingerprint density at radius 1 is 1.64 bits per heavy atom. The molecule has 0 aliphatic rings. The largest absolute Gasteiger partial charge is 0.311 e. The zero-order valence-electron chi connectivity index (χ0n) is 5.61. The molecule has 0 fully saturated rings. The molecule has 0 aliphatic heterocycles. The molecule has 0 bridgehead atoms. The molecule has 0 unspecified atom stereocenters. The maximum Gasteiger partial charge on any atom is 0.158 e. The van der Waals surface area contributed by atoms with Crippen LogP contribution in [0, 0.1) is 0 Å². The predicted octanol–water partition coefficient (Wildman–Crippen LogP) is 0.100.